The van der Waals surface area contributed by atoms with E-state index in [0.29, 0.717) is 5.52 Å². The number of carbonyl (C=O) groups excluding carboxylic acids is 2. The average Bonchev–Trinajstić information content (AvgIpc) is 2.68. The van der Waals surface area contributed by atoms with Crippen molar-refractivity contribution in [1.29, 1.82) is 0 Å². The first kappa shape index (κ1) is 11.5. The molecule has 0 aliphatic heterocycles. The molecule has 17 heavy (non-hydrogen) atoms. The van der Waals surface area contributed by atoms with Gasteiger partial charge >= 0.3 is 0 Å². The summed E-state index contributed by atoms with van der Waals surface area (Å²) in [4.78, 5) is 23.9. The molecule has 7 heteroatoms. The molecule has 0 atom stereocenters. The minimum atomic E-state index is -0.449. The zero-order valence-corrected chi connectivity index (χ0v) is 9.85. The summed E-state index contributed by atoms with van der Waals surface area (Å²) in [5, 5.41) is 7.51. The molecule has 2 aromatic rings. The molecular formula is C10H8ClN3O3. The maximum Gasteiger partial charge on any atom is 0.230 e. The van der Waals surface area contributed by atoms with Crippen molar-refractivity contribution in [3.05, 3.63) is 17.2 Å². The number of halogens is 1. The van der Waals surface area contributed by atoms with E-state index in [9.17, 15) is 9.59 Å². The maximum absolute atomic E-state index is 11.5. The molecule has 2 rings (SSSR count). The van der Waals surface area contributed by atoms with Crippen LogP contribution in [0.2, 0.25) is 5.02 Å². The van der Waals surface area contributed by atoms with Gasteiger partial charge in [-0.1, -0.05) is 11.6 Å². The van der Waals surface area contributed by atoms with E-state index in [1.165, 1.54) is 19.9 Å². The summed E-state index contributed by atoms with van der Waals surface area (Å²) in [5.74, 6) is -0.898. The molecule has 2 amide bonds. The Morgan fingerprint density at radius 3 is 2.47 bits per heavy atom. The first-order valence-electron chi connectivity index (χ1n) is 4.74. The van der Waals surface area contributed by atoms with Gasteiger partial charge in [-0.2, -0.15) is 0 Å². The Morgan fingerprint density at radius 1 is 1.24 bits per heavy atom. The number of hydrogen-bond donors (Lipinski definition) is 0. The van der Waals surface area contributed by atoms with E-state index in [2.05, 4.69) is 14.9 Å². The van der Waals surface area contributed by atoms with Crippen LogP contribution in [0.1, 0.15) is 13.8 Å². The third kappa shape index (κ3) is 1.87. The number of hydrogen-bond acceptors (Lipinski definition) is 5. The molecule has 88 valence electrons. The minimum absolute atomic E-state index is 0.199. The van der Waals surface area contributed by atoms with Gasteiger partial charge in [0.25, 0.3) is 0 Å². The van der Waals surface area contributed by atoms with E-state index < -0.39 is 11.8 Å². The van der Waals surface area contributed by atoms with Crippen LogP contribution in [-0.2, 0) is 9.59 Å². The highest BCUT2D eigenvalue weighted by Crippen LogP contribution is 2.32. The Morgan fingerprint density at radius 2 is 1.88 bits per heavy atom. The van der Waals surface area contributed by atoms with E-state index in [0.717, 1.165) is 4.90 Å². The molecule has 0 saturated heterocycles. The zero-order valence-electron chi connectivity index (χ0n) is 9.10. The van der Waals surface area contributed by atoms with Crippen LogP contribution in [0.3, 0.4) is 0 Å². The Hall–Kier alpha value is -1.95. The fourth-order valence-electron chi connectivity index (χ4n) is 1.56. The summed E-state index contributed by atoms with van der Waals surface area (Å²) < 4.78 is 4.56. The van der Waals surface area contributed by atoms with Gasteiger partial charge in [-0.3, -0.25) is 9.59 Å². The lowest BCUT2D eigenvalue weighted by Crippen LogP contribution is -2.33. The average molecular weight is 254 g/mol. The SMILES string of the molecule is CC(=O)N(C(C)=O)c1c(Cl)ccc2nonc12. The number of aromatic nitrogens is 2. The summed E-state index contributed by atoms with van der Waals surface area (Å²) in [6.45, 7) is 2.54. The number of amides is 2. The van der Waals surface area contributed by atoms with E-state index in [1.807, 2.05) is 0 Å². The van der Waals surface area contributed by atoms with Gasteiger partial charge in [0.2, 0.25) is 11.8 Å². The van der Waals surface area contributed by atoms with Crippen LogP contribution in [0, 0.1) is 0 Å². The molecule has 1 heterocycles. The molecule has 0 fully saturated rings. The number of benzene rings is 1. The van der Waals surface area contributed by atoms with Gasteiger partial charge in [-0.05, 0) is 22.4 Å². The molecule has 0 N–H and O–H groups in total. The molecular weight excluding hydrogens is 246 g/mol. The van der Waals surface area contributed by atoms with Gasteiger partial charge in [-0.25, -0.2) is 9.53 Å². The van der Waals surface area contributed by atoms with Crippen LogP contribution in [0.4, 0.5) is 5.69 Å². The van der Waals surface area contributed by atoms with Crippen LogP contribution in [0.25, 0.3) is 11.0 Å². The second-order valence-corrected chi connectivity index (χ2v) is 3.81. The lowest BCUT2D eigenvalue weighted by atomic mass is 10.2. The maximum atomic E-state index is 11.5. The van der Waals surface area contributed by atoms with Crippen LogP contribution >= 0.6 is 11.6 Å². The van der Waals surface area contributed by atoms with Gasteiger partial charge < -0.3 is 0 Å². The topological polar surface area (TPSA) is 76.3 Å². The summed E-state index contributed by atoms with van der Waals surface area (Å²) in [6.07, 6.45) is 0. The highest BCUT2D eigenvalue weighted by Gasteiger charge is 2.23. The molecule has 1 aromatic heterocycles. The monoisotopic (exact) mass is 253 g/mol. The number of rotatable bonds is 1. The Bertz CT molecular complexity index is 594. The van der Waals surface area contributed by atoms with E-state index in [1.54, 1.807) is 6.07 Å². The number of carbonyl (C=O) groups is 2. The highest BCUT2D eigenvalue weighted by molar-refractivity contribution is 6.37. The number of imide groups is 1. The molecule has 6 nitrogen and oxygen atoms in total. The molecule has 0 unspecified atom stereocenters. The quantitative estimate of drug-likeness (QED) is 0.774. The second kappa shape index (κ2) is 4.14. The van der Waals surface area contributed by atoms with Gasteiger partial charge in [0, 0.05) is 13.8 Å². The Balaban J connectivity index is 2.75. The molecule has 0 bridgehead atoms. The smallest absolute Gasteiger partial charge is 0.230 e. The van der Waals surface area contributed by atoms with Gasteiger partial charge in [0.1, 0.15) is 11.2 Å². The highest BCUT2D eigenvalue weighted by atomic mass is 35.5. The lowest BCUT2D eigenvalue weighted by Gasteiger charge is -2.18. The van der Waals surface area contributed by atoms with Gasteiger partial charge in [-0.15, -0.1) is 0 Å². The van der Waals surface area contributed by atoms with Crippen molar-refractivity contribution in [2.24, 2.45) is 0 Å². The standard InChI is InChI=1S/C10H8ClN3O3/c1-5(15)14(6(2)16)10-7(11)3-4-8-9(10)13-17-12-8/h3-4H,1-2H3. The summed E-state index contributed by atoms with van der Waals surface area (Å²) in [5.41, 5.74) is 0.908. The largest absolute Gasteiger partial charge is 0.274 e. The fraction of sp³-hybridized carbons (Fsp3) is 0.200. The Labute approximate surface area is 101 Å². The molecule has 0 radical (unpaired) electrons. The number of anilines is 1. The number of fused-ring (bicyclic) bond motifs is 1. The third-order valence-electron chi connectivity index (χ3n) is 2.21. The van der Waals surface area contributed by atoms with E-state index >= 15 is 0 Å². The predicted octanol–water partition coefficient (Wildman–Crippen LogP) is 1.78. The first-order valence-corrected chi connectivity index (χ1v) is 5.12. The minimum Gasteiger partial charge on any atom is -0.274 e. The predicted molar refractivity (Wildman–Crippen MR) is 60.7 cm³/mol. The van der Waals surface area contributed by atoms with Crippen LogP contribution < -0.4 is 4.90 Å². The number of nitrogens with zero attached hydrogens (tertiary/aromatic N) is 3. The van der Waals surface area contributed by atoms with Crippen molar-refractivity contribution in [3.8, 4) is 0 Å². The van der Waals surface area contributed by atoms with Crippen molar-refractivity contribution in [2.75, 3.05) is 4.90 Å². The molecule has 0 saturated carbocycles. The summed E-state index contributed by atoms with van der Waals surface area (Å²) in [7, 11) is 0. The molecule has 0 spiro atoms. The molecule has 0 aliphatic rings. The van der Waals surface area contributed by atoms with Crippen molar-refractivity contribution in [1.82, 2.24) is 10.3 Å². The molecule has 1 aromatic carbocycles. The van der Waals surface area contributed by atoms with Crippen molar-refractivity contribution in [3.63, 3.8) is 0 Å². The van der Waals surface area contributed by atoms with Crippen LogP contribution in [0.5, 0.6) is 0 Å². The van der Waals surface area contributed by atoms with Crippen molar-refractivity contribution < 1.29 is 14.2 Å². The summed E-state index contributed by atoms with van der Waals surface area (Å²) in [6, 6.07) is 3.12. The normalized spacial score (nSPS) is 10.5. The van der Waals surface area contributed by atoms with E-state index in [4.69, 9.17) is 11.6 Å². The fourth-order valence-corrected chi connectivity index (χ4v) is 1.80. The van der Waals surface area contributed by atoms with Crippen molar-refractivity contribution >= 4 is 40.1 Å². The van der Waals surface area contributed by atoms with Gasteiger partial charge in [0.15, 0.2) is 5.52 Å². The van der Waals surface area contributed by atoms with Crippen LogP contribution in [-0.4, -0.2) is 22.1 Å². The van der Waals surface area contributed by atoms with Crippen LogP contribution in [0.15, 0.2) is 16.8 Å². The lowest BCUT2D eigenvalue weighted by molar-refractivity contribution is -0.124. The van der Waals surface area contributed by atoms with Gasteiger partial charge in [0.05, 0.1) is 5.02 Å². The van der Waals surface area contributed by atoms with E-state index in [-0.39, 0.29) is 16.2 Å². The third-order valence-corrected chi connectivity index (χ3v) is 2.51. The zero-order chi connectivity index (χ0) is 12.6. The first-order chi connectivity index (χ1) is 8.02. The Kier molecular flexibility index (Phi) is 2.81. The van der Waals surface area contributed by atoms with Crippen molar-refractivity contribution in [2.45, 2.75) is 13.8 Å². The summed E-state index contributed by atoms with van der Waals surface area (Å²) >= 11 is 5.99. The second-order valence-electron chi connectivity index (χ2n) is 3.40. The molecule has 0 aliphatic carbocycles.